The fourth-order valence-electron chi connectivity index (χ4n) is 4.05. The highest BCUT2D eigenvalue weighted by molar-refractivity contribution is 7.89. The lowest BCUT2D eigenvalue weighted by Crippen LogP contribution is -2.33. The van der Waals surface area contributed by atoms with Gasteiger partial charge in [-0.3, -0.25) is 9.59 Å². The first kappa shape index (κ1) is 33.5. The van der Waals surface area contributed by atoms with Gasteiger partial charge in [-0.25, -0.2) is 13.4 Å². The van der Waals surface area contributed by atoms with E-state index in [0.29, 0.717) is 42.9 Å². The van der Waals surface area contributed by atoms with E-state index in [2.05, 4.69) is 4.98 Å². The second kappa shape index (κ2) is 15.9. The van der Waals surface area contributed by atoms with Crippen molar-refractivity contribution in [2.24, 2.45) is 0 Å². The number of ether oxygens (including phenoxy) is 2. The van der Waals surface area contributed by atoms with Gasteiger partial charge in [0.05, 0.1) is 31.4 Å². The third-order valence-electron chi connectivity index (χ3n) is 6.32. The molecule has 1 amide bonds. The number of aromatic nitrogens is 2. The lowest BCUT2D eigenvalue weighted by molar-refractivity contribution is -0.128. The summed E-state index contributed by atoms with van der Waals surface area (Å²) in [6.45, 7) is 8.80. The molecule has 0 aliphatic carbocycles. The normalized spacial score (nSPS) is 11.0. The van der Waals surface area contributed by atoms with Crippen LogP contribution in [0.15, 0.2) is 60.0 Å². The number of benzene rings is 2. The first-order chi connectivity index (χ1) is 19.4. The van der Waals surface area contributed by atoms with Crippen LogP contribution < -0.4 is 9.47 Å². The van der Waals surface area contributed by atoms with E-state index in [9.17, 15) is 18.0 Å². The van der Waals surface area contributed by atoms with Crippen molar-refractivity contribution in [3.8, 4) is 11.5 Å². The number of imidazole rings is 1. The molecule has 0 spiro atoms. The van der Waals surface area contributed by atoms with Crippen LogP contribution in [-0.4, -0.2) is 73.2 Å². The Kier molecular flexibility index (Phi) is 13.0. The highest BCUT2D eigenvalue weighted by atomic mass is 32.2. The van der Waals surface area contributed by atoms with Gasteiger partial charge < -0.3 is 18.9 Å². The van der Waals surface area contributed by atoms with Crippen LogP contribution in [0.25, 0.3) is 0 Å². The third-order valence-corrected chi connectivity index (χ3v) is 8.43. The first-order valence-electron chi connectivity index (χ1n) is 13.4. The number of hydrogen-bond donors (Lipinski definition) is 0. The van der Waals surface area contributed by atoms with Gasteiger partial charge in [0.1, 0.15) is 23.9 Å². The van der Waals surface area contributed by atoms with Crippen LogP contribution in [0.5, 0.6) is 11.5 Å². The summed E-state index contributed by atoms with van der Waals surface area (Å²) in [7, 11) is 1.08. The molecule has 0 saturated heterocycles. The quantitative estimate of drug-likeness (QED) is 0.295. The van der Waals surface area contributed by atoms with E-state index < -0.39 is 10.0 Å². The van der Waals surface area contributed by atoms with Crippen LogP contribution in [0.2, 0.25) is 0 Å². The first-order valence-corrected chi connectivity index (χ1v) is 14.9. The molecule has 0 atom stereocenters. The van der Waals surface area contributed by atoms with E-state index in [1.165, 1.54) is 14.2 Å². The molecule has 0 radical (unpaired) electrons. The molecule has 2 aromatic carbocycles. The lowest BCUT2D eigenvalue weighted by atomic mass is 10.1. The van der Waals surface area contributed by atoms with Crippen molar-refractivity contribution in [1.82, 2.24) is 18.8 Å². The Morgan fingerprint density at radius 2 is 1.66 bits per heavy atom. The summed E-state index contributed by atoms with van der Waals surface area (Å²) in [5.74, 6) is 1.44. The van der Waals surface area contributed by atoms with E-state index in [-0.39, 0.29) is 23.1 Å². The number of carbonyl (C=O) groups excluding carboxylic acids is 2. The van der Waals surface area contributed by atoms with E-state index in [4.69, 9.17) is 9.47 Å². The summed E-state index contributed by atoms with van der Waals surface area (Å²) in [5.41, 5.74) is 2.31. The van der Waals surface area contributed by atoms with Gasteiger partial charge in [-0.15, -0.1) is 0 Å². The van der Waals surface area contributed by atoms with Crippen molar-refractivity contribution in [1.29, 1.82) is 0 Å². The second-order valence-electron chi connectivity index (χ2n) is 9.81. The molecule has 0 saturated carbocycles. The summed E-state index contributed by atoms with van der Waals surface area (Å²) >= 11 is 0. The number of carbonyl (C=O) groups is 2. The average Bonchev–Trinajstić information content (AvgIpc) is 3.43. The summed E-state index contributed by atoms with van der Waals surface area (Å²) in [5, 5.41) is 0. The van der Waals surface area contributed by atoms with Crippen LogP contribution in [0, 0.1) is 13.8 Å². The molecular weight excluding hydrogens is 544 g/mol. The Morgan fingerprint density at radius 3 is 2.17 bits per heavy atom. The zero-order valence-corrected chi connectivity index (χ0v) is 25.9. The summed E-state index contributed by atoms with van der Waals surface area (Å²) in [6, 6.07) is 11.2. The van der Waals surface area contributed by atoms with Gasteiger partial charge in [-0.2, -0.15) is 4.31 Å². The molecule has 0 unspecified atom stereocenters. The summed E-state index contributed by atoms with van der Waals surface area (Å²) < 4.78 is 39.2. The standard InChI is InChI=1S/C15H19N3O2.C15H23NO4S/c1-13(19)17(2)11-14-3-5-15(6-4-14)20-10-9-18-8-7-16-12-18;1-6-7-13(17)10-16(4)21(18,19)15-11(2)8-14(20-5)9-12(15)3/h3-8,12H,9-11H2,1-2H3;8-9H,6-7,10H2,1-5H3. The van der Waals surface area contributed by atoms with Crippen LogP contribution in [-0.2, 0) is 32.7 Å². The van der Waals surface area contributed by atoms with Crippen molar-refractivity contribution >= 4 is 21.7 Å². The van der Waals surface area contributed by atoms with Gasteiger partial charge in [0.2, 0.25) is 15.9 Å². The number of Topliss-reactive ketones (excluding diaryl/α,β-unsaturated/α-hetero) is 1. The van der Waals surface area contributed by atoms with Crippen molar-refractivity contribution in [3.05, 3.63) is 71.8 Å². The van der Waals surface area contributed by atoms with Gasteiger partial charge >= 0.3 is 0 Å². The number of methoxy groups -OCH3 is 1. The van der Waals surface area contributed by atoms with Crippen LogP contribution >= 0.6 is 0 Å². The molecule has 224 valence electrons. The van der Waals surface area contributed by atoms with Gasteiger partial charge in [0.15, 0.2) is 0 Å². The predicted molar refractivity (Wildman–Crippen MR) is 159 cm³/mol. The van der Waals surface area contributed by atoms with Crippen LogP contribution in [0.3, 0.4) is 0 Å². The summed E-state index contributed by atoms with van der Waals surface area (Å²) in [6.07, 6.45) is 6.53. The number of ketones is 1. The molecule has 0 aliphatic rings. The average molecular weight is 587 g/mol. The second-order valence-corrected chi connectivity index (χ2v) is 11.8. The molecule has 1 heterocycles. The monoisotopic (exact) mass is 586 g/mol. The van der Waals surface area contributed by atoms with Crippen molar-refractivity contribution in [3.63, 3.8) is 0 Å². The molecule has 3 aromatic rings. The number of hydrogen-bond acceptors (Lipinski definition) is 7. The van der Waals surface area contributed by atoms with Gasteiger partial charge in [-0.05, 0) is 61.2 Å². The largest absolute Gasteiger partial charge is 0.497 e. The van der Waals surface area contributed by atoms with Crippen LogP contribution in [0.4, 0.5) is 0 Å². The maximum atomic E-state index is 12.6. The molecule has 41 heavy (non-hydrogen) atoms. The fourth-order valence-corrected chi connectivity index (χ4v) is 5.60. The van der Waals surface area contributed by atoms with E-state index in [1.54, 1.807) is 57.4 Å². The molecule has 1 aromatic heterocycles. The molecule has 0 fully saturated rings. The number of nitrogens with zero attached hydrogens (tertiary/aromatic N) is 4. The molecule has 0 N–H and O–H groups in total. The highest BCUT2D eigenvalue weighted by Crippen LogP contribution is 2.27. The SMILES string of the molecule is CC(=O)N(C)Cc1ccc(OCCn2ccnc2)cc1.CCCC(=O)CN(C)S(=O)(=O)c1c(C)cc(OC)cc1C. The fraction of sp³-hybridized carbons (Fsp3) is 0.433. The number of amides is 1. The highest BCUT2D eigenvalue weighted by Gasteiger charge is 2.26. The van der Waals surface area contributed by atoms with Crippen LogP contribution in [0.1, 0.15) is 43.4 Å². The number of likely N-dealkylation sites (N-methyl/N-ethyl adjacent to an activating group) is 1. The zero-order chi connectivity index (χ0) is 30.6. The molecule has 0 bridgehead atoms. The van der Waals surface area contributed by atoms with Gasteiger partial charge in [0.25, 0.3) is 0 Å². The van der Waals surface area contributed by atoms with Crippen molar-refractivity contribution in [2.75, 3.05) is 34.4 Å². The summed E-state index contributed by atoms with van der Waals surface area (Å²) in [4.78, 5) is 28.7. The molecule has 10 nitrogen and oxygen atoms in total. The van der Waals surface area contributed by atoms with E-state index in [0.717, 1.165) is 22.2 Å². The van der Waals surface area contributed by atoms with Crippen molar-refractivity contribution in [2.45, 2.75) is 58.5 Å². The molecular formula is C30H42N4O6S. The molecule has 11 heteroatoms. The third kappa shape index (κ3) is 10.3. The van der Waals surface area contributed by atoms with Crippen molar-refractivity contribution < 1.29 is 27.5 Å². The maximum absolute atomic E-state index is 12.6. The molecule has 3 rings (SSSR count). The maximum Gasteiger partial charge on any atom is 0.243 e. The Labute approximate surface area is 243 Å². The topological polar surface area (TPSA) is 111 Å². The Balaban J connectivity index is 0.000000287. The molecule has 0 aliphatic heterocycles. The number of rotatable bonds is 13. The minimum absolute atomic E-state index is 0.0608. The Bertz CT molecular complexity index is 1350. The number of aryl methyl sites for hydroxylation is 2. The predicted octanol–water partition coefficient (Wildman–Crippen LogP) is 4.24. The minimum atomic E-state index is -3.68. The Morgan fingerprint density at radius 1 is 1.02 bits per heavy atom. The lowest BCUT2D eigenvalue weighted by Gasteiger charge is -2.20. The Hall–Kier alpha value is -3.70. The van der Waals surface area contributed by atoms with Gasteiger partial charge in [-0.1, -0.05) is 19.1 Å². The zero-order valence-electron chi connectivity index (χ0n) is 25.1. The number of sulfonamides is 1. The van der Waals surface area contributed by atoms with E-state index >= 15 is 0 Å². The van der Waals surface area contributed by atoms with Gasteiger partial charge in [0, 0.05) is 46.4 Å². The smallest absolute Gasteiger partial charge is 0.243 e. The minimum Gasteiger partial charge on any atom is -0.497 e. The van der Waals surface area contributed by atoms with E-state index in [1.807, 2.05) is 42.0 Å².